The Morgan fingerprint density at radius 2 is 2.00 bits per heavy atom. The molecule has 1 unspecified atom stereocenters. The molecule has 1 amide bonds. The first-order valence-corrected chi connectivity index (χ1v) is 7.18. The molecule has 0 saturated carbocycles. The molecule has 18 heavy (non-hydrogen) atoms. The summed E-state index contributed by atoms with van der Waals surface area (Å²) in [5.41, 5.74) is 0. The van der Waals surface area contributed by atoms with Crippen LogP contribution < -0.4 is 5.32 Å². The first-order valence-electron chi connectivity index (χ1n) is 7.18. The highest BCUT2D eigenvalue weighted by atomic mass is 16.2. The maximum atomic E-state index is 12.0. The van der Waals surface area contributed by atoms with Crippen LogP contribution in [0.4, 0.5) is 0 Å². The molecule has 0 aliphatic carbocycles. The van der Waals surface area contributed by atoms with Crippen LogP contribution in [0, 0.1) is 5.92 Å². The van der Waals surface area contributed by atoms with Crippen LogP contribution in [0.2, 0.25) is 0 Å². The van der Waals surface area contributed by atoms with Crippen LogP contribution in [0.25, 0.3) is 0 Å². The molecule has 0 bridgehead atoms. The van der Waals surface area contributed by atoms with Crippen molar-refractivity contribution in [3.8, 4) is 0 Å². The summed E-state index contributed by atoms with van der Waals surface area (Å²) in [7, 11) is 4.24. The molecule has 1 aliphatic heterocycles. The van der Waals surface area contributed by atoms with Gasteiger partial charge in [0.1, 0.15) is 0 Å². The Kier molecular flexibility index (Phi) is 6.65. The van der Waals surface area contributed by atoms with Gasteiger partial charge >= 0.3 is 0 Å². The van der Waals surface area contributed by atoms with Crippen LogP contribution in [0.3, 0.4) is 0 Å². The van der Waals surface area contributed by atoms with Gasteiger partial charge in [-0.25, -0.2) is 0 Å². The molecule has 1 aliphatic rings. The standard InChI is InChI=1S/C14H29N3O/c1-5-12(2)15-10-14(18)17-8-6-13(7-9-17)11-16(3)4/h12-13,15H,5-11H2,1-4H3. The zero-order chi connectivity index (χ0) is 13.5. The average Bonchev–Trinajstić information content (AvgIpc) is 2.35. The van der Waals surface area contributed by atoms with Crippen molar-refractivity contribution in [2.45, 2.75) is 39.2 Å². The number of likely N-dealkylation sites (tertiary alicyclic amines) is 1. The fourth-order valence-corrected chi connectivity index (χ4v) is 2.40. The Morgan fingerprint density at radius 3 is 2.50 bits per heavy atom. The van der Waals surface area contributed by atoms with Crippen LogP contribution in [0.5, 0.6) is 0 Å². The molecule has 0 aromatic heterocycles. The second kappa shape index (κ2) is 7.74. The van der Waals surface area contributed by atoms with E-state index in [0.717, 1.165) is 44.8 Å². The van der Waals surface area contributed by atoms with Crippen LogP contribution in [0.15, 0.2) is 0 Å². The molecule has 1 atom stereocenters. The van der Waals surface area contributed by atoms with Gasteiger partial charge in [-0.3, -0.25) is 4.79 Å². The number of nitrogens with zero attached hydrogens (tertiary/aromatic N) is 2. The van der Waals surface area contributed by atoms with Crippen molar-refractivity contribution in [2.75, 3.05) is 40.3 Å². The molecule has 0 aromatic rings. The zero-order valence-corrected chi connectivity index (χ0v) is 12.4. The lowest BCUT2D eigenvalue weighted by atomic mass is 9.96. The van der Waals surface area contributed by atoms with Gasteiger partial charge in [0.05, 0.1) is 6.54 Å². The Bertz CT molecular complexity index is 247. The Hall–Kier alpha value is -0.610. The third-order valence-corrected chi connectivity index (χ3v) is 3.80. The van der Waals surface area contributed by atoms with E-state index in [1.165, 1.54) is 0 Å². The molecule has 1 N–H and O–H groups in total. The van der Waals surface area contributed by atoms with Gasteiger partial charge in [-0.05, 0) is 46.2 Å². The summed E-state index contributed by atoms with van der Waals surface area (Å²) in [6.07, 6.45) is 3.36. The number of rotatable bonds is 6. The van der Waals surface area contributed by atoms with Gasteiger partial charge in [0.15, 0.2) is 0 Å². The summed E-state index contributed by atoms with van der Waals surface area (Å²) < 4.78 is 0. The summed E-state index contributed by atoms with van der Waals surface area (Å²) in [4.78, 5) is 16.3. The zero-order valence-electron chi connectivity index (χ0n) is 12.4. The topological polar surface area (TPSA) is 35.6 Å². The van der Waals surface area contributed by atoms with E-state index in [4.69, 9.17) is 0 Å². The summed E-state index contributed by atoms with van der Waals surface area (Å²) in [6.45, 7) is 7.75. The second-order valence-electron chi connectivity index (χ2n) is 5.78. The fraction of sp³-hybridized carbons (Fsp3) is 0.929. The molecule has 106 valence electrons. The Balaban J connectivity index is 2.23. The highest BCUT2D eigenvalue weighted by Gasteiger charge is 2.22. The lowest BCUT2D eigenvalue weighted by Crippen LogP contribution is -2.45. The molecule has 4 heteroatoms. The average molecular weight is 255 g/mol. The molecule has 1 fully saturated rings. The number of carbonyl (C=O) groups excluding carboxylic acids is 1. The largest absolute Gasteiger partial charge is 0.342 e. The predicted molar refractivity (Wildman–Crippen MR) is 75.6 cm³/mol. The Labute approximate surface area is 112 Å². The van der Waals surface area contributed by atoms with Crippen molar-refractivity contribution in [3.63, 3.8) is 0 Å². The fourth-order valence-electron chi connectivity index (χ4n) is 2.40. The molecular weight excluding hydrogens is 226 g/mol. The van der Waals surface area contributed by atoms with Crippen molar-refractivity contribution in [2.24, 2.45) is 5.92 Å². The minimum Gasteiger partial charge on any atom is -0.342 e. The van der Waals surface area contributed by atoms with Crippen molar-refractivity contribution in [1.82, 2.24) is 15.1 Å². The number of piperidine rings is 1. The van der Waals surface area contributed by atoms with E-state index in [2.05, 4.69) is 38.2 Å². The Morgan fingerprint density at radius 1 is 1.39 bits per heavy atom. The van der Waals surface area contributed by atoms with Crippen molar-refractivity contribution in [1.29, 1.82) is 0 Å². The van der Waals surface area contributed by atoms with E-state index < -0.39 is 0 Å². The number of hydrogen-bond acceptors (Lipinski definition) is 3. The number of hydrogen-bond donors (Lipinski definition) is 1. The molecule has 1 rings (SSSR count). The molecule has 0 aromatic carbocycles. The van der Waals surface area contributed by atoms with Gasteiger partial charge in [0.2, 0.25) is 5.91 Å². The van der Waals surface area contributed by atoms with Crippen molar-refractivity contribution < 1.29 is 4.79 Å². The van der Waals surface area contributed by atoms with E-state index >= 15 is 0 Å². The van der Waals surface area contributed by atoms with Crippen molar-refractivity contribution >= 4 is 5.91 Å². The lowest BCUT2D eigenvalue weighted by molar-refractivity contribution is -0.131. The summed E-state index contributed by atoms with van der Waals surface area (Å²) in [6, 6.07) is 0.431. The number of nitrogens with one attached hydrogen (secondary N) is 1. The minimum atomic E-state index is 0.263. The quantitative estimate of drug-likeness (QED) is 0.774. The summed E-state index contributed by atoms with van der Waals surface area (Å²) in [5, 5.41) is 3.27. The summed E-state index contributed by atoms with van der Waals surface area (Å²) >= 11 is 0. The van der Waals surface area contributed by atoms with Gasteiger partial charge in [0.25, 0.3) is 0 Å². The molecule has 1 heterocycles. The summed E-state index contributed by atoms with van der Waals surface area (Å²) in [5.74, 6) is 1.02. The van der Waals surface area contributed by atoms with Crippen LogP contribution in [-0.2, 0) is 4.79 Å². The smallest absolute Gasteiger partial charge is 0.236 e. The number of carbonyl (C=O) groups is 1. The lowest BCUT2D eigenvalue weighted by Gasteiger charge is -2.33. The van der Waals surface area contributed by atoms with Gasteiger partial charge in [-0.2, -0.15) is 0 Å². The third kappa shape index (κ3) is 5.36. The van der Waals surface area contributed by atoms with E-state index in [1.54, 1.807) is 0 Å². The van der Waals surface area contributed by atoms with Gasteiger partial charge in [0, 0.05) is 25.7 Å². The van der Waals surface area contributed by atoms with Gasteiger partial charge in [-0.15, -0.1) is 0 Å². The molecule has 1 saturated heterocycles. The number of amides is 1. The van der Waals surface area contributed by atoms with Crippen LogP contribution in [-0.4, -0.2) is 62.0 Å². The van der Waals surface area contributed by atoms with Gasteiger partial charge in [-0.1, -0.05) is 6.92 Å². The predicted octanol–water partition coefficient (Wildman–Crippen LogP) is 1.17. The van der Waals surface area contributed by atoms with E-state index in [-0.39, 0.29) is 5.91 Å². The first-order chi connectivity index (χ1) is 8.52. The third-order valence-electron chi connectivity index (χ3n) is 3.80. The molecule has 0 radical (unpaired) electrons. The molecule has 4 nitrogen and oxygen atoms in total. The van der Waals surface area contributed by atoms with E-state index in [9.17, 15) is 4.79 Å². The van der Waals surface area contributed by atoms with Crippen molar-refractivity contribution in [3.05, 3.63) is 0 Å². The molecule has 0 spiro atoms. The highest BCUT2D eigenvalue weighted by molar-refractivity contribution is 5.78. The van der Waals surface area contributed by atoms with E-state index in [1.807, 2.05) is 4.90 Å². The normalized spacial score (nSPS) is 19.3. The molecular formula is C14H29N3O. The monoisotopic (exact) mass is 255 g/mol. The SMILES string of the molecule is CCC(C)NCC(=O)N1CCC(CN(C)C)CC1. The highest BCUT2D eigenvalue weighted by Crippen LogP contribution is 2.17. The van der Waals surface area contributed by atoms with Gasteiger partial charge < -0.3 is 15.1 Å². The van der Waals surface area contributed by atoms with Crippen LogP contribution >= 0.6 is 0 Å². The first kappa shape index (κ1) is 15.4. The maximum Gasteiger partial charge on any atom is 0.236 e. The van der Waals surface area contributed by atoms with E-state index in [0.29, 0.717) is 12.6 Å². The van der Waals surface area contributed by atoms with Crippen LogP contribution in [0.1, 0.15) is 33.1 Å². The minimum absolute atomic E-state index is 0.263. The maximum absolute atomic E-state index is 12.0. The second-order valence-corrected chi connectivity index (χ2v) is 5.78.